The second kappa shape index (κ2) is 12.7. The molecule has 3 aromatic rings. The molecule has 0 spiro atoms. The number of likely N-dealkylation sites (tertiary alicyclic amines) is 1. The number of nitrogens with one attached hydrogen (secondary N) is 2. The molecule has 4 N–H and O–H groups in total. The lowest BCUT2D eigenvalue weighted by atomic mass is 9.99. The molecule has 0 atom stereocenters. The molecule has 1 saturated heterocycles. The molecular weight excluding hydrogens is 466 g/mol. The van der Waals surface area contributed by atoms with Crippen LogP contribution in [0.15, 0.2) is 64.5 Å². The number of pyridine rings is 1. The van der Waals surface area contributed by atoms with Crippen LogP contribution in [0.1, 0.15) is 28.8 Å². The van der Waals surface area contributed by atoms with Gasteiger partial charge in [-0.3, -0.25) is 14.4 Å². The first-order valence-electron chi connectivity index (χ1n) is 11.2. The van der Waals surface area contributed by atoms with Crippen molar-refractivity contribution in [2.75, 3.05) is 20.1 Å². The maximum atomic E-state index is 11.7. The summed E-state index contributed by atoms with van der Waals surface area (Å²) in [6.07, 6.45) is 4.03. The molecule has 4 rings (SSSR count). The van der Waals surface area contributed by atoms with Gasteiger partial charge in [-0.1, -0.05) is 30.8 Å². The number of benzene rings is 2. The van der Waals surface area contributed by atoms with Crippen LogP contribution in [-0.2, 0) is 6.61 Å². The first-order chi connectivity index (χ1) is 16.8. The Hall–Kier alpha value is -3.63. The fraction of sp³-hybridized carbons (Fsp3) is 0.280. The van der Waals surface area contributed by atoms with E-state index in [1.165, 1.54) is 6.07 Å². The number of para-hydroxylation sites is 1. The molecule has 0 bridgehead atoms. The highest BCUT2D eigenvalue weighted by atomic mass is 32.1. The van der Waals surface area contributed by atoms with Crippen molar-refractivity contribution in [3.8, 4) is 5.75 Å². The quantitative estimate of drug-likeness (QED) is 0.237. The number of thiol groups is 1. The number of carbonyl (C=O) groups is 2. The fourth-order valence-corrected chi connectivity index (χ4v) is 3.71. The van der Waals surface area contributed by atoms with Crippen LogP contribution in [0.5, 0.6) is 5.75 Å². The summed E-state index contributed by atoms with van der Waals surface area (Å²) in [6, 6.07) is 15.6. The lowest BCUT2D eigenvalue weighted by Gasteiger charge is -2.26. The number of hydrazone groups is 1. The van der Waals surface area contributed by atoms with Gasteiger partial charge < -0.3 is 20.4 Å². The Morgan fingerprint density at radius 3 is 2.54 bits per heavy atom. The van der Waals surface area contributed by atoms with Crippen molar-refractivity contribution in [1.29, 1.82) is 0 Å². The minimum atomic E-state index is -0.480. The van der Waals surface area contributed by atoms with Crippen LogP contribution in [0.4, 0.5) is 4.79 Å². The lowest BCUT2D eigenvalue weighted by Crippen LogP contribution is -2.31. The molecule has 2 amide bonds. The van der Waals surface area contributed by atoms with Crippen molar-refractivity contribution in [3.63, 3.8) is 0 Å². The van der Waals surface area contributed by atoms with E-state index in [1.54, 1.807) is 30.5 Å². The Labute approximate surface area is 208 Å². The highest BCUT2D eigenvalue weighted by Gasteiger charge is 2.14. The number of H-pyrrole nitrogens is 1. The number of ether oxygens (including phenoxy) is 1. The SMILES string of the molecule is CN1CCC(/C=N/NC(=O)S)CC1.NC(=O)c1ccc(OCc2cc(=O)[nH]c3ccccc23)cc1. The molecule has 0 unspecified atom stereocenters. The first kappa shape index (κ1) is 26.0. The number of piperidine rings is 1. The number of nitrogens with two attached hydrogens (primary N) is 1. The highest BCUT2D eigenvalue weighted by Crippen LogP contribution is 2.18. The van der Waals surface area contributed by atoms with Crippen LogP contribution in [0.2, 0.25) is 0 Å². The smallest absolute Gasteiger partial charge is 0.296 e. The zero-order chi connectivity index (χ0) is 25.2. The van der Waals surface area contributed by atoms with Gasteiger partial charge in [-0.05, 0) is 69.2 Å². The molecule has 0 radical (unpaired) electrons. The Kier molecular flexibility index (Phi) is 9.45. The number of hydrogen-bond acceptors (Lipinski definition) is 6. The van der Waals surface area contributed by atoms with Gasteiger partial charge >= 0.3 is 0 Å². The molecule has 1 fully saturated rings. The number of carbonyl (C=O) groups excluding carboxylic acids is 2. The van der Waals surface area contributed by atoms with E-state index in [0.717, 1.165) is 42.4 Å². The van der Waals surface area contributed by atoms with E-state index in [0.29, 0.717) is 17.2 Å². The summed E-state index contributed by atoms with van der Waals surface area (Å²) in [7, 11) is 2.11. The minimum Gasteiger partial charge on any atom is -0.489 e. The normalized spacial score (nSPS) is 14.3. The van der Waals surface area contributed by atoms with E-state index in [-0.39, 0.29) is 12.2 Å². The summed E-state index contributed by atoms with van der Waals surface area (Å²) < 4.78 is 5.68. The Balaban J connectivity index is 0.000000225. The van der Waals surface area contributed by atoms with Gasteiger partial charge in [-0.15, -0.1) is 0 Å². The number of fused-ring (bicyclic) bond motifs is 1. The third-order valence-electron chi connectivity index (χ3n) is 5.58. The Morgan fingerprint density at radius 1 is 1.20 bits per heavy atom. The van der Waals surface area contributed by atoms with Crippen molar-refractivity contribution in [2.24, 2.45) is 16.8 Å². The summed E-state index contributed by atoms with van der Waals surface area (Å²) in [4.78, 5) is 38.1. The van der Waals surface area contributed by atoms with Crippen molar-refractivity contribution < 1.29 is 14.3 Å². The summed E-state index contributed by atoms with van der Waals surface area (Å²) in [5.41, 5.74) is 9.31. The van der Waals surface area contributed by atoms with Gasteiger partial charge in [-0.2, -0.15) is 5.10 Å². The first-order valence-corrected chi connectivity index (χ1v) is 11.6. The van der Waals surface area contributed by atoms with Crippen LogP contribution < -0.4 is 21.5 Å². The van der Waals surface area contributed by atoms with E-state index >= 15 is 0 Å². The maximum Gasteiger partial charge on any atom is 0.296 e. The second-order valence-corrected chi connectivity index (χ2v) is 8.62. The molecule has 184 valence electrons. The number of aromatic amines is 1. The molecule has 0 saturated carbocycles. The lowest BCUT2D eigenvalue weighted by molar-refractivity contribution is 0.1000. The number of aromatic nitrogens is 1. The molecule has 1 aromatic heterocycles. The Morgan fingerprint density at radius 2 is 1.89 bits per heavy atom. The van der Waals surface area contributed by atoms with Crippen molar-refractivity contribution >= 4 is 40.9 Å². The summed E-state index contributed by atoms with van der Waals surface area (Å²) in [6.45, 7) is 2.47. The number of nitrogens with zero attached hydrogens (tertiary/aromatic N) is 2. The van der Waals surface area contributed by atoms with Crippen LogP contribution >= 0.6 is 12.6 Å². The number of amides is 2. The van der Waals surface area contributed by atoms with Crippen molar-refractivity contribution in [1.82, 2.24) is 15.3 Å². The van der Waals surface area contributed by atoms with Gasteiger partial charge in [0.05, 0.1) is 0 Å². The summed E-state index contributed by atoms with van der Waals surface area (Å²) in [5.74, 6) is 0.623. The predicted molar refractivity (Wildman–Crippen MR) is 140 cm³/mol. The van der Waals surface area contributed by atoms with Gasteiger partial charge in [-0.25, -0.2) is 5.43 Å². The van der Waals surface area contributed by atoms with Gasteiger partial charge in [0.25, 0.3) is 5.24 Å². The topological polar surface area (TPSA) is 130 Å². The third kappa shape index (κ3) is 8.27. The molecule has 1 aliphatic rings. The average molecular weight is 496 g/mol. The van der Waals surface area contributed by atoms with Gasteiger partial charge in [0.15, 0.2) is 0 Å². The second-order valence-electron chi connectivity index (χ2n) is 8.22. The van der Waals surface area contributed by atoms with Gasteiger partial charge in [0.2, 0.25) is 11.5 Å². The van der Waals surface area contributed by atoms with Crippen molar-refractivity contribution in [3.05, 3.63) is 76.1 Å². The molecule has 35 heavy (non-hydrogen) atoms. The highest BCUT2D eigenvalue weighted by molar-refractivity contribution is 7.96. The van der Waals surface area contributed by atoms with Crippen LogP contribution in [-0.4, -0.2) is 47.4 Å². The standard InChI is InChI=1S/C17H14N2O3.C8H15N3OS/c18-17(21)11-5-7-13(8-6-11)22-10-12-9-16(20)19-15-4-2-1-3-14(12)15;1-11-4-2-7(3-5-11)6-9-10-8(12)13/h1-9H,10H2,(H2,18,21)(H,19,20);6-7H,2-5H2,1H3,(H2,10,12,13)/b;9-6+. The summed E-state index contributed by atoms with van der Waals surface area (Å²) in [5, 5.41) is 4.33. The number of primary amides is 1. The molecular formula is C25H29N5O4S. The average Bonchev–Trinajstić information content (AvgIpc) is 2.84. The van der Waals surface area contributed by atoms with Crippen molar-refractivity contribution in [2.45, 2.75) is 19.4 Å². The van der Waals surface area contributed by atoms with E-state index < -0.39 is 11.1 Å². The maximum absolute atomic E-state index is 11.7. The summed E-state index contributed by atoms with van der Waals surface area (Å²) >= 11 is 3.54. The zero-order valence-electron chi connectivity index (χ0n) is 19.4. The Bertz CT molecular complexity index is 1230. The van der Waals surface area contributed by atoms with E-state index in [4.69, 9.17) is 10.5 Å². The molecule has 1 aliphatic heterocycles. The molecule has 10 heteroatoms. The largest absolute Gasteiger partial charge is 0.489 e. The van der Waals surface area contributed by atoms with Gasteiger partial charge in [0.1, 0.15) is 12.4 Å². The number of rotatable bonds is 6. The van der Waals surface area contributed by atoms with Gasteiger partial charge in [0, 0.05) is 34.3 Å². The predicted octanol–water partition coefficient (Wildman–Crippen LogP) is 3.16. The molecule has 2 aromatic carbocycles. The third-order valence-corrected chi connectivity index (χ3v) is 5.68. The molecule has 2 heterocycles. The molecule has 0 aliphatic carbocycles. The van der Waals surface area contributed by atoms with E-state index in [9.17, 15) is 14.4 Å². The zero-order valence-corrected chi connectivity index (χ0v) is 20.3. The minimum absolute atomic E-state index is 0.165. The van der Waals surface area contributed by atoms with E-state index in [1.807, 2.05) is 24.3 Å². The van der Waals surface area contributed by atoms with E-state index in [2.05, 4.69) is 40.1 Å². The van der Waals surface area contributed by atoms with Crippen LogP contribution in [0, 0.1) is 5.92 Å². The fourth-order valence-electron chi connectivity index (χ4n) is 3.65. The molecule has 9 nitrogen and oxygen atoms in total. The monoisotopic (exact) mass is 495 g/mol. The number of hydrogen-bond donors (Lipinski definition) is 4. The van der Waals surface area contributed by atoms with Crippen LogP contribution in [0.3, 0.4) is 0 Å². The van der Waals surface area contributed by atoms with Crippen LogP contribution in [0.25, 0.3) is 10.9 Å².